The summed E-state index contributed by atoms with van der Waals surface area (Å²) >= 11 is 2.88. The number of aliphatic hydroxyl groups is 1. The number of likely N-dealkylation sites (N-methyl/N-ethyl adjacent to an activating group) is 1. The normalized spacial score (nSPS) is 12.0. The summed E-state index contributed by atoms with van der Waals surface area (Å²) < 4.78 is 0.774. The topological polar surface area (TPSA) is 107 Å². The van der Waals surface area contributed by atoms with Crippen molar-refractivity contribution >= 4 is 40.0 Å². The molecule has 0 spiro atoms. The van der Waals surface area contributed by atoms with Crippen molar-refractivity contribution in [2.75, 3.05) is 32.5 Å². The quantitative estimate of drug-likeness (QED) is 0.364. The van der Waals surface area contributed by atoms with Gasteiger partial charge in [-0.1, -0.05) is 47.4 Å². The SMILES string of the molecule is Cc1ccccc1CSc1nnc(NC(=O)CCC(=O)NCC(O)CN(C)C)s1. The molecule has 1 atom stereocenters. The minimum atomic E-state index is -0.639. The number of anilines is 1. The lowest BCUT2D eigenvalue weighted by Gasteiger charge is -2.16. The summed E-state index contributed by atoms with van der Waals surface area (Å²) in [6.45, 7) is 2.69. The minimum Gasteiger partial charge on any atom is -0.390 e. The van der Waals surface area contributed by atoms with Crippen molar-refractivity contribution in [3.8, 4) is 0 Å². The summed E-state index contributed by atoms with van der Waals surface area (Å²) in [7, 11) is 3.69. The Morgan fingerprint density at radius 3 is 2.66 bits per heavy atom. The maximum absolute atomic E-state index is 12.0. The van der Waals surface area contributed by atoms with Crippen molar-refractivity contribution in [1.82, 2.24) is 20.4 Å². The number of aromatic nitrogens is 2. The van der Waals surface area contributed by atoms with Gasteiger partial charge in [0.25, 0.3) is 0 Å². The van der Waals surface area contributed by atoms with Crippen LogP contribution in [0.3, 0.4) is 0 Å². The molecule has 2 rings (SSSR count). The molecule has 0 bridgehead atoms. The first-order chi connectivity index (χ1) is 13.8. The number of aryl methyl sites for hydroxylation is 1. The number of carbonyl (C=O) groups is 2. The van der Waals surface area contributed by atoms with E-state index in [0.29, 0.717) is 11.7 Å². The number of hydrogen-bond acceptors (Lipinski definition) is 8. The van der Waals surface area contributed by atoms with Gasteiger partial charge in [0.1, 0.15) is 0 Å². The first kappa shape index (κ1) is 23.3. The highest BCUT2D eigenvalue weighted by Crippen LogP contribution is 2.29. The molecule has 1 unspecified atom stereocenters. The van der Waals surface area contributed by atoms with Gasteiger partial charge in [-0.15, -0.1) is 10.2 Å². The lowest BCUT2D eigenvalue weighted by molar-refractivity contribution is -0.124. The van der Waals surface area contributed by atoms with Gasteiger partial charge in [-0.2, -0.15) is 0 Å². The average Bonchev–Trinajstić information content (AvgIpc) is 3.11. The Morgan fingerprint density at radius 1 is 1.21 bits per heavy atom. The molecule has 0 saturated heterocycles. The Labute approximate surface area is 179 Å². The highest BCUT2D eigenvalue weighted by Gasteiger charge is 2.12. The molecule has 0 radical (unpaired) electrons. The van der Waals surface area contributed by atoms with Gasteiger partial charge in [-0.3, -0.25) is 9.59 Å². The lowest BCUT2D eigenvalue weighted by atomic mass is 10.1. The fourth-order valence-electron chi connectivity index (χ4n) is 2.45. The van der Waals surface area contributed by atoms with Crippen LogP contribution < -0.4 is 10.6 Å². The van der Waals surface area contributed by atoms with Crippen LogP contribution in [0.5, 0.6) is 0 Å². The maximum Gasteiger partial charge on any atom is 0.226 e. The number of amides is 2. The molecular formula is C19H27N5O3S2. The summed E-state index contributed by atoms with van der Waals surface area (Å²) in [6.07, 6.45) is -0.547. The van der Waals surface area contributed by atoms with Crippen molar-refractivity contribution in [2.24, 2.45) is 0 Å². The number of hydrogen-bond donors (Lipinski definition) is 3. The Balaban J connectivity index is 1.69. The van der Waals surface area contributed by atoms with Crippen molar-refractivity contribution in [1.29, 1.82) is 0 Å². The molecule has 10 heteroatoms. The highest BCUT2D eigenvalue weighted by atomic mass is 32.2. The van der Waals surface area contributed by atoms with Gasteiger partial charge in [0.15, 0.2) is 4.34 Å². The number of aliphatic hydroxyl groups excluding tert-OH is 1. The van der Waals surface area contributed by atoms with E-state index in [9.17, 15) is 14.7 Å². The average molecular weight is 438 g/mol. The predicted molar refractivity (Wildman–Crippen MR) is 116 cm³/mol. The number of rotatable bonds is 11. The molecule has 0 aliphatic heterocycles. The van der Waals surface area contributed by atoms with Gasteiger partial charge in [-0.05, 0) is 32.1 Å². The Bertz CT molecular complexity index is 813. The Morgan fingerprint density at radius 2 is 1.93 bits per heavy atom. The van der Waals surface area contributed by atoms with Crippen LogP contribution in [-0.4, -0.2) is 65.3 Å². The van der Waals surface area contributed by atoms with Crippen LogP contribution in [0.1, 0.15) is 24.0 Å². The second kappa shape index (κ2) is 11.9. The van der Waals surface area contributed by atoms with E-state index in [-0.39, 0.29) is 31.2 Å². The lowest BCUT2D eigenvalue weighted by Crippen LogP contribution is -2.37. The van der Waals surface area contributed by atoms with E-state index in [1.807, 2.05) is 31.1 Å². The smallest absolute Gasteiger partial charge is 0.226 e. The zero-order valence-corrected chi connectivity index (χ0v) is 18.5. The molecule has 1 aromatic heterocycles. The molecule has 2 amide bonds. The van der Waals surface area contributed by atoms with Crippen molar-refractivity contribution in [3.63, 3.8) is 0 Å². The number of thioether (sulfide) groups is 1. The first-order valence-electron chi connectivity index (χ1n) is 9.23. The van der Waals surface area contributed by atoms with Crippen LogP contribution in [0.15, 0.2) is 28.6 Å². The van der Waals surface area contributed by atoms with Crippen molar-refractivity contribution in [3.05, 3.63) is 35.4 Å². The van der Waals surface area contributed by atoms with Gasteiger partial charge in [0, 0.05) is 31.7 Å². The van der Waals surface area contributed by atoms with Crippen LogP contribution in [0.4, 0.5) is 5.13 Å². The Kier molecular flexibility index (Phi) is 9.52. The van der Waals surface area contributed by atoms with E-state index >= 15 is 0 Å². The van der Waals surface area contributed by atoms with Gasteiger partial charge in [-0.25, -0.2) is 0 Å². The molecule has 3 N–H and O–H groups in total. The van der Waals surface area contributed by atoms with Crippen molar-refractivity contribution < 1.29 is 14.7 Å². The van der Waals surface area contributed by atoms with Crippen LogP contribution in [0.2, 0.25) is 0 Å². The zero-order valence-electron chi connectivity index (χ0n) is 16.8. The largest absolute Gasteiger partial charge is 0.390 e. The number of nitrogens with one attached hydrogen (secondary N) is 2. The molecule has 1 aromatic carbocycles. The first-order valence-corrected chi connectivity index (χ1v) is 11.0. The number of carbonyl (C=O) groups excluding carboxylic acids is 2. The van der Waals surface area contributed by atoms with E-state index in [1.54, 1.807) is 11.8 Å². The third kappa shape index (κ3) is 8.90. The van der Waals surface area contributed by atoms with Gasteiger partial charge < -0.3 is 20.6 Å². The summed E-state index contributed by atoms with van der Waals surface area (Å²) in [4.78, 5) is 25.6. The molecule has 0 fully saturated rings. The second-order valence-electron chi connectivity index (χ2n) is 6.86. The van der Waals surface area contributed by atoms with E-state index in [1.165, 1.54) is 22.5 Å². The number of benzene rings is 1. The van der Waals surface area contributed by atoms with Crippen molar-refractivity contribution in [2.45, 2.75) is 36.0 Å². The van der Waals surface area contributed by atoms with E-state index in [4.69, 9.17) is 0 Å². The molecule has 1 heterocycles. The third-order valence-electron chi connectivity index (χ3n) is 3.96. The molecule has 158 valence electrons. The predicted octanol–water partition coefficient (Wildman–Crippen LogP) is 1.90. The standard InChI is InChI=1S/C19H27N5O3S2/c1-13-6-4-5-7-14(13)12-28-19-23-22-18(29-19)21-17(27)9-8-16(26)20-10-15(25)11-24(2)3/h4-7,15,25H,8-12H2,1-3H3,(H,20,26)(H,21,22,27). The monoisotopic (exact) mass is 437 g/mol. The zero-order chi connectivity index (χ0) is 21.2. The molecular weight excluding hydrogens is 410 g/mol. The fraction of sp³-hybridized carbons (Fsp3) is 0.474. The van der Waals surface area contributed by atoms with Gasteiger partial charge in [0.05, 0.1) is 6.10 Å². The number of nitrogens with zero attached hydrogens (tertiary/aromatic N) is 3. The third-order valence-corrected chi connectivity index (χ3v) is 5.98. The summed E-state index contributed by atoms with van der Waals surface area (Å²) in [5.74, 6) is 0.222. The second-order valence-corrected chi connectivity index (χ2v) is 9.06. The molecule has 2 aromatic rings. The van der Waals surface area contributed by atoms with E-state index < -0.39 is 6.10 Å². The fourth-order valence-corrected chi connectivity index (χ4v) is 4.29. The summed E-state index contributed by atoms with van der Waals surface area (Å²) in [5, 5.41) is 23.5. The molecule has 8 nitrogen and oxygen atoms in total. The van der Waals surface area contributed by atoms with Crippen LogP contribution in [0, 0.1) is 6.92 Å². The van der Waals surface area contributed by atoms with Gasteiger partial charge in [0.2, 0.25) is 16.9 Å². The Hall–Kier alpha value is -2.01. The van der Waals surface area contributed by atoms with Gasteiger partial charge >= 0.3 is 0 Å². The van der Waals surface area contributed by atoms with Crippen LogP contribution in [-0.2, 0) is 15.3 Å². The minimum absolute atomic E-state index is 0.0425. The summed E-state index contributed by atoms with van der Waals surface area (Å²) in [5.41, 5.74) is 2.46. The molecule has 0 aliphatic carbocycles. The van der Waals surface area contributed by atoms with Crippen LogP contribution >= 0.6 is 23.1 Å². The highest BCUT2D eigenvalue weighted by molar-refractivity contribution is 8.00. The summed E-state index contributed by atoms with van der Waals surface area (Å²) in [6, 6.07) is 8.17. The molecule has 0 aliphatic rings. The molecule has 29 heavy (non-hydrogen) atoms. The van der Waals surface area contributed by atoms with E-state index in [2.05, 4.69) is 39.9 Å². The van der Waals surface area contributed by atoms with Crippen LogP contribution in [0.25, 0.3) is 0 Å². The maximum atomic E-state index is 12.0. The molecule has 0 saturated carbocycles. The van der Waals surface area contributed by atoms with E-state index in [0.717, 1.165) is 10.1 Å².